The highest BCUT2D eigenvalue weighted by atomic mass is 19.4. The molecule has 0 unspecified atom stereocenters. The summed E-state index contributed by atoms with van der Waals surface area (Å²) >= 11 is 0. The molecule has 0 saturated heterocycles. The molecule has 0 bridgehead atoms. The van der Waals surface area contributed by atoms with E-state index in [1.165, 1.54) is 35.1 Å². The molecule has 1 fully saturated rings. The third-order valence-corrected chi connectivity index (χ3v) is 5.47. The third kappa shape index (κ3) is 15.5. The van der Waals surface area contributed by atoms with Crippen molar-refractivity contribution >= 4 is 17.9 Å². The summed E-state index contributed by atoms with van der Waals surface area (Å²) in [6.07, 6.45) is -3.69. The van der Waals surface area contributed by atoms with Crippen molar-refractivity contribution in [2.45, 2.75) is 57.5 Å². The Kier molecular flexibility index (Phi) is 14.5. The number of pyridine rings is 2. The number of ether oxygens (including phenoxy) is 1. The van der Waals surface area contributed by atoms with Crippen molar-refractivity contribution in [1.29, 1.82) is 0 Å². The van der Waals surface area contributed by atoms with Gasteiger partial charge in [-0.25, -0.2) is 14.4 Å². The van der Waals surface area contributed by atoms with E-state index in [0.717, 1.165) is 45.2 Å². The summed E-state index contributed by atoms with van der Waals surface area (Å²) in [6, 6.07) is 4.15. The van der Waals surface area contributed by atoms with Gasteiger partial charge in [0.25, 0.3) is 0 Å². The van der Waals surface area contributed by atoms with Gasteiger partial charge in [0.15, 0.2) is 0 Å². The van der Waals surface area contributed by atoms with Crippen LogP contribution in [-0.4, -0.2) is 79.8 Å². The standard InChI is InChI=1S/C19H23N3O.3C2HF3O2/c1-2-16(8-20-6-1)11-22-7-5-19-17(12-22)9-21-10-18(19)14-23-13-15-3-4-15;3*3-2(4,5)1(6)7/h1-2,6,8-10,15H,3-5,7,11-14H2;3*(H,6,7). The number of carboxylic acid groups (broad SMARTS) is 3. The smallest absolute Gasteiger partial charge is 0.475 e. The van der Waals surface area contributed by atoms with Gasteiger partial charge in [-0.05, 0) is 53.5 Å². The van der Waals surface area contributed by atoms with Crippen LogP contribution in [0.5, 0.6) is 0 Å². The number of halogens is 9. The lowest BCUT2D eigenvalue weighted by atomic mass is 9.97. The van der Waals surface area contributed by atoms with E-state index in [-0.39, 0.29) is 0 Å². The van der Waals surface area contributed by atoms with Gasteiger partial charge in [0, 0.05) is 51.0 Å². The first kappa shape index (κ1) is 38.0. The minimum atomic E-state index is -5.08. The van der Waals surface area contributed by atoms with E-state index < -0.39 is 36.4 Å². The van der Waals surface area contributed by atoms with Crippen LogP contribution in [0.15, 0.2) is 36.9 Å². The Morgan fingerprint density at radius 2 is 1.36 bits per heavy atom. The second kappa shape index (κ2) is 16.7. The maximum atomic E-state index is 10.6. The number of aliphatic carboxylic acids is 3. The summed E-state index contributed by atoms with van der Waals surface area (Å²) < 4.78 is 101. The highest BCUT2D eigenvalue weighted by Crippen LogP contribution is 2.30. The molecule has 0 atom stereocenters. The molecule has 44 heavy (non-hydrogen) atoms. The van der Waals surface area contributed by atoms with Crippen LogP contribution in [0.4, 0.5) is 39.5 Å². The highest BCUT2D eigenvalue weighted by molar-refractivity contribution is 5.73. The fourth-order valence-corrected chi connectivity index (χ4v) is 3.26. The van der Waals surface area contributed by atoms with Gasteiger partial charge in [0.05, 0.1) is 6.61 Å². The van der Waals surface area contributed by atoms with Crippen LogP contribution in [0.3, 0.4) is 0 Å². The number of aromatic nitrogens is 2. The lowest BCUT2D eigenvalue weighted by molar-refractivity contribution is -0.193. The molecule has 0 amide bonds. The number of carboxylic acids is 3. The summed E-state index contributed by atoms with van der Waals surface area (Å²) in [5.74, 6) is -7.45. The van der Waals surface area contributed by atoms with Crippen molar-refractivity contribution in [1.82, 2.24) is 14.9 Å². The summed E-state index contributed by atoms with van der Waals surface area (Å²) in [6.45, 7) is 4.64. The third-order valence-electron chi connectivity index (χ3n) is 5.47. The number of carbonyl (C=O) groups is 3. The van der Waals surface area contributed by atoms with E-state index >= 15 is 0 Å². The predicted octanol–water partition coefficient (Wildman–Crippen LogP) is 4.86. The van der Waals surface area contributed by atoms with E-state index in [1.807, 2.05) is 30.9 Å². The summed E-state index contributed by atoms with van der Waals surface area (Å²) in [4.78, 5) is 37.8. The fourth-order valence-electron chi connectivity index (χ4n) is 3.26. The largest absolute Gasteiger partial charge is 0.490 e. The monoisotopic (exact) mass is 651 g/mol. The molecule has 3 N–H and O–H groups in total. The molecule has 10 nitrogen and oxygen atoms in total. The lowest BCUT2D eigenvalue weighted by Gasteiger charge is -2.29. The molecule has 0 aromatic carbocycles. The van der Waals surface area contributed by atoms with Crippen LogP contribution in [-0.2, 0) is 45.2 Å². The Balaban J connectivity index is 0.000000379. The molecule has 19 heteroatoms. The first-order valence-electron chi connectivity index (χ1n) is 12.3. The van der Waals surface area contributed by atoms with Crippen LogP contribution in [0.2, 0.25) is 0 Å². The second-order valence-electron chi connectivity index (χ2n) is 9.13. The molecule has 246 valence electrons. The Labute approximate surface area is 243 Å². The Bertz CT molecular complexity index is 1160. The molecule has 1 aliphatic heterocycles. The van der Waals surface area contributed by atoms with E-state index in [1.54, 1.807) is 0 Å². The van der Waals surface area contributed by atoms with Crippen molar-refractivity contribution in [3.8, 4) is 0 Å². The average Bonchev–Trinajstić information content (AvgIpc) is 3.73. The molecule has 0 spiro atoms. The molecule has 0 radical (unpaired) electrons. The molecule has 1 saturated carbocycles. The lowest BCUT2D eigenvalue weighted by Crippen LogP contribution is -2.31. The van der Waals surface area contributed by atoms with Gasteiger partial charge in [-0.1, -0.05) is 6.07 Å². The Morgan fingerprint density at radius 1 is 0.841 bits per heavy atom. The quantitative estimate of drug-likeness (QED) is 0.370. The van der Waals surface area contributed by atoms with Gasteiger partial charge < -0.3 is 20.1 Å². The topological polar surface area (TPSA) is 150 Å². The predicted molar refractivity (Wildman–Crippen MR) is 130 cm³/mol. The van der Waals surface area contributed by atoms with Crippen LogP contribution in [0, 0.1) is 5.92 Å². The molecule has 2 aromatic heterocycles. The SMILES string of the molecule is O=C(O)C(F)(F)F.O=C(O)C(F)(F)F.O=C(O)C(F)(F)F.c1cncc(CN2CCc3c(COCC4CC4)cncc3C2)c1. The highest BCUT2D eigenvalue weighted by Gasteiger charge is 2.39. The minimum absolute atomic E-state index is 0.718. The summed E-state index contributed by atoms with van der Waals surface area (Å²) in [5.41, 5.74) is 5.36. The number of rotatable bonds is 6. The second-order valence-corrected chi connectivity index (χ2v) is 9.13. The van der Waals surface area contributed by atoms with Gasteiger partial charge >= 0.3 is 36.4 Å². The van der Waals surface area contributed by atoms with Crippen LogP contribution < -0.4 is 0 Å². The molecule has 4 rings (SSSR count). The molecule has 1 aliphatic carbocycles. The van der Waals surface area contributed by atoms with Crippen molar-refractivity contribution in [3.05, 3.63) is 59.2 Å². The number of hydrogen-bond acceptors (Lipinski definition) is 7. The summed E-state index contributed by atoms with van der Waals surface area (Å²) in [5, 5.41) is 21.4. The van der Waals surface area contributed by atoms with Gasteiger partial charge in [-0.3, -0.25) is 14.9 Å². The van der Waals surface area contributed by atoms with Gasteiger partial charge in [-0.2, -0.15) is 39.5 Å². The first-order valence-corrected chi connectivity index (χ1v) is 12.3. The van der Waals surface area contributed by atoms with E-state index in [4.69, 9.17) is 34.4 Å². The van der Waals surface area contributed by atoms with Crippen LogP contribution in [0.25, 0.3) is 0 Å². The number of hydrogen-bond donors (Lipinski definition) is 3. The molecular formula is C25H26F9N3O7. The van der Waals surface area contributed by atoms with E-state index in [0.29, 0.717) is 0 Å². The minimum Gasteiger partial charge on any atom is -0.475 e. The average molecular weight is 651 g/mol. The summed E-state index contributed by atoms with van der Waals surface area (Å²) in [7, 11) is 0. The fraction of sp³-hybridized carbons (Fsp3) is 0.480. The molecule has 2 aromatic rings. The maximum absolute atomic E-state index is 10.6. The van der Waals surface area contributed by atoms with Crippen molar-refractivity contribution in [3.63, 3.8) is 0 Å². The van der Waals surface area contributed by atoms with E-state index in [9.17, 15) is 39.5 Å². The molecule has 3 heterocycles. The number of alkyl halides is 9. The zero-order valence-corrected chi connectivity index (χ0v) is 22.4. The number of fused-ring (bicyclic) bond motifs is 1. The Hall–Kier alpha value is -4.00. The first-order chi connectivity index (χ1) is 20.2. The van der Waals surface area contributed by atoms with Gasteiger partial charge in [0.2, 0.25) is 0 Å². The number of nitrogens with zero attached hydrogens (tertiary/aromatic N) is 3. The van der Waals surface area contributed by atoms with Crippen LogP contribution >= 0.6 is 0 Å². The van der Waals surface area contributed by atoms with Crippen molar-refractivity contribution in [2.24, 2.45) is 5.92 Å². The maximum Gasteiger partial charge on any atom is 0.490 e. The molecular weight excluding hydrogens is 625 g/mol. The van der Waals surface area contributed by atoms with E-state index in [2.05, 4.69) is 20.9 Å². The zero-order chi connectivity index (χ0) is 33.7. The molecule has 2 aliphatic rings. The Morgan fingerprint density at radius 3 is 1.80 bits per heavy atom. The van der Waals surface area contributed by atoms with Gasteiger partial charge in [0.1, 0.15) is 0 Å². The van der Waals surface area contributed by atoms with Crippen molar-refractivity contribution in [2.75, 3.05) is 13.2 Å². The van der Waals surface area contributed by atoms with Crippen molar-refractivity contribution < 1.29 is 74.0 Å². The van der Waals surface area contributed by atoms with Gasteiger partial charge in [-0.15, -0.1) is 0 Å². The normalized spacial score (nSPS) is 14.8. The van der Waals surface area contributed by atoms with Crippen LogP contribution in [0.1, 0.15) is 35.1 Å². The zero-order valence-electron chi connectivity index (χ0n) is 22.4.